The lowest BCUT2D eigenvalue weighted by molar-refractivity contribution is -0.146. The van der Waals surface area contributed by atoms with Gasteiger partial charge in [-0.25, -0.2) is 4.79 Å². The van der Waals surface area contributed by atoms with Gasteiger partial charge in [0.05, 0.1) is 7.11 Å². The van der Waals surface area contributed by atoms with E-state index in [4.69, 9.17) is 9.47 Å². The standard InChI is InChI=1S/C17H23NO4/c1-11(2)10-22-17(20)15(12(3)4)18-16(19)13-6-8-14(21-5)9-7-13/h6-9,12,15H,1,10H2,2-5H3,(H,18,19). The van der Waals surface area contributed by atoms with E-state index in [1.165, 1.54) is 0 Å². The van der Waals surface area contributed by atoms with Crippen LogP contribution >= 0.6 is 0 Å². The fourth-order valence-electron chi connectivity index (χ4n) is 1.75. The molecule has 5 heteroatoms. The maximum atomic E-state index is 12.2. The third-order valence-corrected chi connectivity index (χ3v) is 3.02. The van der Waals surface area contributed by atoms with E-state index >= 15 is 0 Å². The highest BCUT2D eigenvalue weighted by Gasteiger charge is 2.26. The van der Waals surface area contributed by atoms with Crippen molar-refractivity contribution in [3.05, 3.63) is 42.0 Å². The van der Waals surface area contributed by atoms with Crippen LogP contribution < -0.4 is 10.1 Å². The summed E-state index contributed by atoms with van der Waals surface area (Å²) in [5, 5.41) is 2.71. The molecule has 0 bridgehead atoms. The number of hydrogen-bond acceptors (Lipinski definition) is 4. The third kappa shape index (κ3) is 5.24. The van der Waals surface area contributed by atoms with Gasteiger partial charge in [-0.15, -0.1) is 0 Å². The number of carbonyl (C=O) groups excluding carboxylic acids is 2. The van der Waals surface area contributed by atoms with Crippen LogP contribution in [0.3, 0.4) is 0 Å². The molecule has 0 aliphatic carbocycles. The first-order chi connectivity index (χ1) is 10.3. The molecule has 0 aromatic heterocycles. The highest BCUT2D eigenvalue weighted by atomic mass is 16.5. The Morgan fingerprint density at radius 2 is 1.82 bits per heavy atom. The second-order valence-corrected chi connectivity index (χ2v) is 5.49. The van der Waals surface area contributed by atoms with Crippen LogP contribution in [0, 0.1) is 5.92 Å². The van der Waals surface area contributed by atoms with E-state index in [0.29, 0.717) is 11.3 Å². The van der Waals surface area contributed by atoms with Gasteiger partial charge in [0.2, 0.25) is 0 Å². The Kier molecular flexibility index (Phi) is 6.63. The van der Waals surface area contributed by atoms with Crippen LogP contribution in [-0.4, -0.2) is 31.6 Å². The minimum absolute atomic E-state index is 0.0835. The predicted octanol–water partition coefficient (Wildman–Crippen LogP) is 2.57. The smallest absolute Gasteiger partial charge is 0.329 e. The second kappa shape index (κ2) is 8.22. The zero-order valence-electron chi connectivity index (χ0n) is 13.5. The van der Waals surface area contributed by atoms with Gasteiger partial charge in [-0.3, -0.25) is 4.79 Å². The van der Waals surface area contributed by atoms with Crippen molar-refractivity contribution in [1.29, 1.82) is 0 Å². The number of nitrogens with one attached hydrogen (secondary N) is 1. The van der Waals surface area contributed by atoms with Crippen LogP contribution in [0.4, 0.5) is 0 Å². The van der Waals surface area contributed by atoms with Crippen molar-refractivity contribution in [2.24, 2.45) is 5.92 Å². The molecule has 0 saturated heterocycles. The summed E-state index contributed by atoms with van der Waals surface area (Å²) in [5.74, 6) is -0.203. The molecule has 1 aromatic rings. The molecule has 22 heavy (non-hydrogen) atoms. The number of hydrogen-bond donors (Lipinski definition) is 1. The Morgan fingerprint density at radius 1 is 1.23 bits per heavy atom. The highest BCUT2D eigenvalue weighted by molar-refractivity contribution is 5.96. The van der Waals surface area contributed by atoms with Crippen LogP contribution in [0.1, 0.15) is 31.1 Å². The molecule has 0 aliphatic rings. The van der Waals surface area contributed by atoms with Gasteiger partial charge in [-0.1, -0.05) is 20.4 Å². The van der Waals surface area contributed by atoms with Crippen molar-refractivity contribution in [1.82, 2.24) is 5.32 Å². The van der Waals surface area contributed by atoms with E-state index in [1.54, 1.807) is 38.3 Å². The van der Waals surface area contributed by atoms with E-state index in [2.05, 4.69) is 11.9 Å². The summed E-state index contributed by atoms with van der Waals surface area (Å²) in [5.41, 5.74) is 1.21. The normalized spacial score (nSPS) is 11.7. The van der Waals surface area contributed by atoms with Crippen molar-refractivity contribution in [3.8, 4) is 5.75 Å². The van der Waals surface area contributed by atoms with Crippen molar-refractivity contribution >= 4 is 11.9 Å². The molecule has 1 atom stereocenters. The van der Waals surface area contributed by atoms with Crippen LogP contribution in [0.25, 0.3) is 0 Å². The van der Waals surface area contributed by atoms with Crippen LogP contribution in [0.15, 0.2) is 36.4 Å². The summed E-state index contributed by atoms with van der Waals surface area (Å²) in [6.07, 6.45) is 0. The fraction of sp³-hybridized carbons (Fsp3) is 0.412. The van der Waals surface area contributed by atoms with Crippen molar-refractivity contribution in [3.63, 3.8) is 0 Å². The molecule has 0 saturated carbocycles. The molecule has 1 N–H and O–H groups in total. The van der Waals surface area contributed by atoms with E-state index in [1.807, 2.05) is 13.8 Å². The monoisotopic (exact) mass is 305 g/mol. The molecule has 120 valence electrons. The number of ether oxygens (including phenoxy) is 2. The maximum absolute atomic E-state index is 12.2. The summed E-state index contributed by atoms with van der Waals surface area (Å²) in [4.78, 5) is 24.3. The zero-order valence-corrected chi connectivity index (χ0v) is 13.5. The molecule has 1 unspecified atom stereocenters. The molecule has 0 fully saturated rings. The van der Waals surface area contributed by atoms with E-state index in [-0.39, 0.29) is 18.4 Å². The molecule has 0 radical (unpaired) electrons. The predicted molar refractivity (Wildman–Crippen MR) is 84.9 cm³/mol. The van der Waals surface area contributed by atoms with Crippen LogP contribution in [-0.2, 0) is 9.53 Å². The molecular weight excluding hydrogens is 282 g/mol. The lowest BCUT2D eigenvalue weighted by atomic mass is 10.0. The lowest BCUT2D eigenvalue weighted by Gasteiger charge is -2.21. The van der Waals surface area contributed by atoms with Crippen molar-refractivity contribution < 1.29 is 19.1 Å². The minimum Gasteiger partial charge on any atom is -0.497 e. The average molecular weight is 305 g/mol. The largest absolute Gasteiger partial charge is 0.497 e. The van der Waals surface area contributed by atoms with Gasteiger partial charge in [0, 0.05) is 5.56 Å². The van der Waals surface area contributed by atoms with Crippen molar-refractivity contribution in [2.75, 3.05) is 13.7 Å². The summed E-state index contributed by atoms with van der Waals surface area (Å²) in [7, 11) is 1.56. The Labute approximate surface area is 131 Å². The Bertz CT molecular complexity index is 534. The fourth-order valence-corrected chi connectivity index (χ4v) is 1.75. The SMILES string of the molecule is C=C(C)COC(=O)C(NC(=O)c1ccc(OC)cc1)C(C)C. The minimum atomic E-state index is -0.700. The first kappa shape index (κ1) is 17.8. The van der Waals surface area contributed by atoms with Crippen LogP contribution in [0.2, 0.25) is 0 Å². The van der Waals surface area contributed by atoms with Gasteiger partial charge in [-0.2, -0.15) is 0 Å². The number of amides is 1. The Morgan fingerprint density at radius 3 is 2.27 bits per heavy atom. The molecule has 5 nitrogen and oxygen atoms in total. The summed E-state index contributed by atoms with van der Waals surface area (Å²) in [6, 6.07) is 5.97. The van der Waals surface area contributed by atoms with E-state index in [9.17, 15) is 9.59 Å². The number of carbonyl (C=O) groups is 2. The number of methoxy groups -OCH3 is 1. The van der Waals surface area contributed by atoms with Gasteiger partial charge in [0.15, 0.2) is 0 Å². The molecule has 0 spiro atoms. The Hall–Kier alpha value is -2.30. The molecule has 0 heterocycles. The first-order valence-corrected chi connectivity index (χ1v) is 7.11. The van der Waals surface area contributed by atoms with Gasteiger partial charge in [-0.05, 0) is 42.7 Å². The van der Waals surface area contributed by atoms with Gasteiger partial charge < -0.3 is 14.8 Å². The number of benzene rings is 1. The van der Waals surface area contributed by atoms with Gasteiger partial charge in [0.1, 0.15) is 18.4 Å². The molecule has 1 aromatic carbocycles. The number of esters is 1. The highest BCUT2D eigenvalue weighted by Crippen LogP contribution is 2.12. The molecular formula is C17H23NO4. The van der Waals surface area contributed by atoms with Crippen molar-refractivity contribution in [2.45, 2.75) is 26.8 Å². The molecule has 0 aliphatic heterocycles. The topological polar surface area (TPSA) is 64.6 Å². The Balaban J connectivity index is 2.74. The quantitative estimate of drug-likeness (QED) is 0.621. The summed E-state index contributed by atoms with van der Waals surface area (Å²) >= 11 is 0. The van der Waals surface area contributed by atoms with E-state index < -0.39 is 12.0 Å². The maximum Gasteiger partial charge on any atom is 0.329 e. The van der Waals surface area contributed by atoms with Gasteiger partial charge >= 0.3 is 5.97 Å². The number of rotatable bonds is 7. The second-order valence-electron chi connectivity index (χ2n) is 5.49. The zero-order chi connectivity index (χ0) is 16.7. The molecule has 1 rings (SSSR count). The third-order valence-electron chi connectivity index (χ3n) is 3.02. The van der Waals surface area contributed by atoms with Crippen LogP contribution in [0.5, 0.6) is 5.75 Å². The first-order valence-electron chi connectivity index (χ1n) is 7.11. The summed E-state index contributed by atoms with van der Waals surface area (Å²) < 4.78 is 10.2. The summed E-state index contributed by atoms with van der Waals surface area (Å²) in [6.45, 7) is 9.30. The lowest BCUT2D eigenvalue weighted by Crippen LogP contribution is -2.45. The van der Waals surface area contributed by atoms with Gasteiger partial charge in [0.25, 0.3) is 5.91 Å². The average Bonchev–Trinajstić information content (AvgIpc) is 2.49. The van der Waals surface area contributed by atoms with E-state index in [0.717, 1.165) is 5.57 Å². The molecule has 1 amide bonds.